The predicted molar refractivity (Wildman–Crippen MR) is 85.7 cm³/mol. The molecule has 0 saturated heterocycles. The van der Waals surface area contributed by atoms with Gasteiger partial charge in [0, 0.05) is 6.04 Å². The fraction of sp³-hybridized carbons (Fsp3) is 0.667. The Hall–Kier alpha value is -0.820. The molecule has 0 aliphatic heterocycles. The molecule has 0 spiro atoms. The summed E-state index contributed by atoms with van der Waals surface area (Å²) in [6.45, 7) is 12.4. The maximum atomic E-state index is 3.73. The van der Waals surface area contributed by atoms with Gasteiger partial charge in [0.15, 0.2) is 0 Å². The topological polar surface area (TPSA) is 12.0 Å². The summed E-state index contributed by atoms with van der Waals surface area (Å²) in [7, 11) is 0. The van der Waals surface area contributed by atoms with E-state index in [4.69, 9.17) is 0 Å². The number of benzene rings is 1. The Morgan fingerprint density at radius 2 is 1.63 bits per heavy atom. The Bertz CT molecular complexity index is 366. The van der Waals surface area contributed by atoms with Crippen molar-refractivity contribution in [2.75, 3.05) is 6.54 Å². The van der Waals surface area contributed by atoms with Crippen molar-refractivity contribution in [1.29, 1.82) is 0 Å². The molecule has 0 fully saturated rings. The minimum absolute atomic E-state index is 0.515. The molecule has 19 heavy (non-hydrogen) atoms. The zero-order valence-corrected chi connectivity index (χ0v) is 13.4. The van der Waals surface area contributed by atoms with Crippen molar-refractivity contribution in [2.24, 2.45) is 5.92 Å². The third-order valence-corrected chi connectivity index (χ3v) is 4.28. The molecular weight excluding hydrogens is 230 g/mol. The fourth-order valence-electron chi connectivity index (χ4n) is 2.99. The molecule has 1 rings (SSSR count). The summed E-state index contributed by atoms with van der Waals surface area (Å²) >= 11 is 0. The van der Waals surface area contributed by atoms with Gasteiger partial charge in [0.25, 0.3) is 0 Å². The summed E-state index contributed by atoms with van der Waals surface area (Å²) in [5.74, 6) is 0.734. The van der Waals surface area contributed by atoms with E-state index >= 15 is 0 Å². The second-order valence-corrected chi connectivity index (χ2v) is 5.35. The second-order valence-electron chi connectivity index (χ2n) is 5.35. The van der Waals surface area contributed by atoms with Gasteiger partial charge in [0.1, 0.15) is 0 Å². The van der Waals surface area contributed by atoms with Crippen molar-refractivity contribution in [2.45, 2.75) is 66.3 Å². The molecule has 0 aromatic heterocycles. The van der Waals surface area contributed by atoms with Gasteiger partial charge in [-0.15, -0.1) is 0 Å². The van der Waals surface area contributed by atoms with Crippen LogP contribution in [0.3, 0.4) is 0 Å². The molecule has 0 amide bonds. The van der Waals surface area contributed by atoms with Crippen LogP contribution in [0.25, 0.3) is 0 Å². The molecule has 0 bridgehead atoms. The van der Waals surface area contributed by atoms with Crippen LogP contribution in [-0.2, 0) is 12.8 Å². The zero-order chi connectivity index (χ0) is 14.3. The third kappa shape index (κ3) is 4.07. The van der Waals surface area contributed by atoms with Gasteiger partial charge in [-0.3, -0.25) is 0 Å². The molecule has 1 aromatic carbocycles. The molecule has 0 radical (unpaired) electrons. The summed E-state index contributed by atoms with van der Waals surface area (Å²) in [4.78, 5) is 0. The van der Waals surface area contributed by atoms with E-state index in [9.17, 15) is 0 Å². The highest BCUT2D eigenvalue weighted by molar-refractivity contribution is 5.35. The molecule has 1 heteroatoms. The van der Waals surface area contributed by atoms with Crippen molar-refractivity contribution in [3.05, 3.63) is 34.9 Å². The smallest absolute Gasteiger partial charge is 0.0351 e. The van der Waals surface area contributed by atoms with Crippen LogP contribution >= 0.6 is 0 Å². The van der Waals surface area contributed by atoms with Crippen LogP contribution in [0.1, 0.15) is 70.2 Å². The normalized spacial score (nSPS) is 12.9. The molecule has 1 unspecified atom stereocenters. The van der Waals surface area contributed by atoms with E-state index in [1.807, 2.05) is 0 Å². The van der Waals surface area contributed by atoms with Gasteiger partial charge in [-0.1, -0.05) is 65.7 Å². The second kappa shape index (κ2) is 8.37. The average Bonchev–Trinajstić information content (AvgIpc) is 2.46. The first-order chi connectivity index (χ1) is 9.21. The highest BCUT2D eigenvalue weighted by atomic mass is 14.9. The Morgan fingerprint density at radius 1 is 0.947 bits per heavy atom. The minimum Gasteiger partial charge on any atom is -0.310 e. The lowest BCUT2D eigenvalue weighted by Crippen LogP contribution is -2.28. The SMILES string of the molecule is CCNC(c1cc(CC)ccc1CC)C(CC)CC. The summed E-state index contributed by atoms with van der Waals surface area (Å²) < 4.78 is 0. The lowest BCUT2D eigenvalue weighted by Gasteiger charge is -2.29. The van der Waals surface area contributed by atoms with Crippen LogP contribution in [0.2, 0.25) is 0 Å². The van der Waals surface area contributed by atoms with E-state index in [1.54, 1.807) is 0 Å². The predicted octanol–water partition coefficient (Wildman–Crippen LogP) is 4.90. The van der Waals surface area contributed by atoms with Crippen molar-refractivity contribution in [3.8, 4) is 0 Å². The van der Waals surface area contributed by atoms with Crippen LogP contribution in [0, 0.1) is 5.92 Å². The molecule has 1 aromatic rings. The third-order valence-electron chi connectivity index (χ3n) is 4.28. The lowest BCUT2D eigenvalue weighted by molar-refractivity contribution is 0.345. The number of nitrogens with one attached hydrogen (secondary N) is 1. The first-order valence-corrected chi connectivity index (χ1v) is 8.06. The van der Waals surface area contributed by atoms with E-state index in [0.717, 1.165) is 25.3 Å². The summed E-state index contributed by atoms with van der Waals surface area (Å²) in [6.07, 6.45) is 4.74. The number of rotatable bonds is 8. The molecule has 0 aliphatic rings. The van der Waals surface area contributed by atoms with Gasteiger partial charge in [-0.2, -0.15) is 0 Å². The standard InChI is InChI=1S/C18H31N/c1-6-14-11-12-16(9-4)17(13-14)18(19-10-5)15(7-2)8-3/h11-13,15,18-19H,6-10H2,1-5H3. The number of hydrogen-bond acceptors (Lipinski definition) is 1. The molecule has 0 heterocycles. The van der Waals surface area contributed by atoms with E-state index in [2.05, 4.69) is 58.1 Å². The Morgan fingerprint density at radius 3 is 2.11 bits per heavy atom. The van der Waals surface area contributed by atoms with Crippen molar-refractivity contribution >= 4 is 0 Å². The van der Waals surface area contributed by atoms with E-state index < -0.39 is 0 Å². The highest BCUT2D eigenvalue weighted by Gasteiger charge is 2.21. The van der Waals surface area contributed by atoms with Gasteiger partial charge >= 0.3 is 0 Å². The highest BCUT2D eigenvalue weighted by Crippen LogP contribution is 2.30. The largest absolute Gasteiger partial charge is 0.310 e. The molecule has 108 valence electrons. The average molecular weight is 261 g/mol. The molecule has 0 aliphatic carbocycles. The maximum Gasteiger partial charge on any atom is 0.0351 e. The maximum absolute atomic E-state index is 3.73. The Kier molecular flexibility index (Phi) is 7.15. The van der Waals surface area contributed by atoms with Gasteiger partial charge in [0.2, 0.25) is 0 Å². The minimum atomic E-state index is 0.515. The zero-order valence-electron chi connectivity index (χ0n) is 13.4. The first kappa shape index (κ1) is 16.2. The van der Waals surface area contributed by atoms with Gasteiger partial charge in [0.05, 0.1) is 0 Å². The van der Waals surface area contributed by atoms with Crippen LogP contribution in [0.5, 0.6) is 0 Å². The molecule has 1 atom stereocenters. The molecular formula is C18H31N. The number of aryl methyl sites for hydroxylation is 2. The van der Waals surface area contributed by atoms with Crippen LogP contribution in [-0.4, -0.2) is 6.54 Å². The molecule has 0 saturated carbocycles. The van der Waals surface area contributed by atoms with Crippen molar-refractivity contribution in [3.63, 3.8) is 0 Å². The van der Waals surface area contributed by atoms with E-state index in [1.165, 1.54) is 29.5 Å². The molecule has 1 N–H and O–H groups in total. The van der Waals surface area contributed by atoms with Gasteiger partial charge in [-0.25, -0.2) is 0 Å². The molecule has 1 nitrogen and oxygen atoms in total. The monoisotopic (exact) mass is 261 g/mol. The summed E-state index contributed by atoms with van der Waals surface area (Å²) in [5, 5.41) is 3.73. The van der Waals surface area contributed by atoms with Crippen molar-refractivity contribution < 1.29 is 0 Å². The Labute approximate surface area is 119 Å². The van der Waals surface area contributed by atoms with Gasteiger partial charge in [-0.05, 0) is 42.0 Å². The Balaban J connectivity index is 3.18. The fourth-order valence-corrected chi connectivity index (χ4v) is 2.99. The lowest BCUT2D eigenvalue weighted by atomic mass is 9.85. The summed E-state index contributed by atoms with van der Waals surface area (Å²) in [5.41, 5.74) is 4.51. The van der Waals surface area contributed by atoms with Gasteiger partial charge < -0.3 is 5.32 Å². The van der Waals surface area contributed by atoms with Crippen molar-refractivity contribution in [1.82, 2.24) is 5.32 Å². The van der Waals surface area contributed by atoms with E-state index in [-0.39, 0.29) is 0 Å². The number of hydrogen-bond donors (Lipinski definition) is 1. The first-order valence-electron chi connectivity index (χ1n) is 8.06. The van der Waals surface area contributed by atoms with Crippen LogP contribution < -0.4 is 5.32 Å². The van der Waals surface area contributed by atoms with E-state index in [0.29, 0.717) is 6.04 Å². The van der Waals surface area contributed by atoms with Crippen LogP contribution in [0.4, 0.5) is 0 Å². The quantitative estimate of drug-likeness (QED) is 0.702. The van der Waals surface area contributed by atoms with Crippen LogP contribution in [0.15, 0.2) is 18.2 Å². The summed E-state index contributed by atoms with van der Waals surface area (Å²) in [6, 6.07) is 7.57.